The van der Waals surface area contributed by atoms with Crippen molar-refractivity contribution in [2.45, 2.75) is 19.3 Å². The number of carbonyl (C=O) groups excluding carboxylic acids is 1. The number of rotatable bonds is 6. The van der Waals surface area contributed by atoms with Crippen LogP contribution in [0.4, 0.5) is 0 Å². The van der Waals surface area contributed by atoms with Crippen molar-refractivity contribution in [1.82, 2.24) is 14.4 Å². The van der Waals surface area contributed by atoms with Gasteiger partial charge in [0.05, 0.1) is 36.6 Å². The summed E-state index contributed by atoms with van der Waals surface area (Å²) in [4.78, 5) is 17.6. The van der Waals surface area contributed by atoms with Crippen LogP contribution in [-0.2, 0) is 4.74 Å². The average Bonchev–Trinajstić information content (AvgIpc) is 3.33. The monoisotopic (exact) mass is 431 g/mol. The maximum atomic E-state index is 13.2. The summed E-state index contributed by atoms with van der Waals surface area (Å²) in [5, 5.41) is 0.538. The number of carbonyl (C=O) groups is 1. The fourth-order valence-electron chi connectivity index (χ4n) is 4.36. The van der Waals surface area contributed by atoms with Crippen LogP contribution < -0.4 is 4.74 Å². The highest BCUT2D eigenvalue weighted by Crippen LogP contribution is 2.32. The minimum Gasteiger partial charge on any atom is -0.496 e. The fourth-order valence-corrected chi connectivity index (χ4v) is 4.62. The molecule has 3 heterocycles. The van der Waals surface area contributed by atoms with E-state index in [0.717, 1.165) is 64.5 Å². The molecule has 162 valence electrons. The molecule has 0 radical (unpaired) electrons. The van der Waals surface area contributed by atoms with Crippen molar-refractivity contribution in [2.75, 3.05) is 53.0 Å². The van der Waals surface area contributed by atoms with E-state index in [0.29, 0.717) is 22.3 Å². The van der Waals surface area contributed by atoms with E-state index in [9.17, 15) is 4.79 Å². The summed E-state index contributed by atoms with van der Waals surface area (Å²) in [6.45, 7) is 6.47. The fraction of sp³-hybridized carbons (Fsp3) is 0.522. The zero-order valence-corrected chi connectivity index (χ0v) is 18.3. The van der Waals surface area contributed by atoms with Crippen LogP contribution in [0.3, 0.4) is 0 Å². The van der Waals surface area contributed by atoms with Crippen molar-refractivity contribution < 1.29 is 14.3 Å². The molecule has 0 saturated carbocycles. The number of ether oxygens (including phenoxy) is 2. The lowest BCUT2D eigenvalue weighted by molar-refractivity contribution is 0.0332. The number of nitrogens with zero attached hydrogens (tertiary/aromatic N) is 3. The number of piperidine rings is 1. The average molecular weight is 432 g/mol. The van der Waals surface area contributed by atoms with Gasteiger partial charge in [-0.25, -0.2) is 0 Å². The molecule has 2 fully saturated rings. The molecule has 0 unspecified atom stereocenters. The molecule has 0 spiro atoms. The van der Waals surface area contributed by atoms with Gasteiger partial charge in [0.1, 0.15) is 5.75 Å². The van der Waals surface area contributed by atoms with Crippen LogP contribution in [0.15, 0.2) is 36.7 Å². The Bertz CT molecular complexity index is 842. The minimum atomic E-state index is -0.000523. The van der Waals surface area contributed by atoms with Gasteiger partial charge < -0.3 is 18.9 Å². The van der Waals surface area contributed by atoms with Gasteiger partial charge in [-0.15, -0.1) is 0 Å². The molecule has 0 atom stereocenters. The van der Waals surface area contributed by atoms with Gasteiger partial charge >= 0.3 is 0 Å². The molecule has 0 aliphatic carbocycles. The first kappa shape index (κ1) is 21.2. The molecule has 2 saturated heterocycles. The Morgan fingerprint density at radius 3 is 2.50 bits per heavy atom. The molecule has 2 aromatic rings. The second kappa shape index (κ2) is 9.86. The van der Waals surface area contributed by atoms with E-state index < -0.39 is 0 Å². The molecule has 1 aromatic carbocycles. The van der Waals surface area contributed by atoms with Crippen molar-refractivity contribution in [3.8, 4) is 11.4 Å². The lowest BCUT2D eigenvalue weighted by Crippen LogP contribution is -2.41. The van der Waals surface area contributed by atoms with Crippen LogP contribution in [0, 0.1) is 5.92 Å². The molecule has 7 heteroatoms. The molecule has 0 bridgehead atoms. The van der Waals surface area contributed by atoms with Crippen LogP contribution in [-0.4, -0.2) is 73.3 Å². The van der Waals surface area contributed by atoms with Crippen molar-refractivity contribution in [2.24, 2.45) is 5.92 Å². The quantitative estimate of drug-likeness (QED) is 0.699. The second-order valence-electron chi connectivity index (χ2n) is 8.07. The Balaban J connectivity index is 1.37. The summed E-state index contributed by atoms with van der Waals surface area (Å²) in [6.07, 6.45) is 7.14. The minimum absolute atomic E-state index is 0.000523. The number of likely N-dealkylation sites (tertiary alicyclic amines) is 1. The molecular formula is C23H30ClN3O3. The van der Waals surface area contributed by atoms with Gasteiger partial charge in [0, 0.05) is 44.6 Å². The Labute approximate surface area is 183 Å². The maximum absolute atomic E-state index is 13.2. The number of methoxy groups -OCH3 is 1. The van der Waals surface area contributed by atoms with Gasteiger partial charge in [0.25, 0.3) is 5.91 Å². The standard InChI is InChI=1S/C23H30ClN3O3/c1-29-22-17-21(26-7-2-3-8-26)20(24)16-19(22)23(28)27-10-5-18(6-11-27)4-9-25-12-14-30-15-13-25/h2-3,7-8,16-18H,4-6,9-15H2,1H3. The normalized spacial score (nSPS) is 18.5. The van der Waals surface area contributed by atoms with Crippen molar-refractivity contribution in [3.05, 3.63) is 47.2 Å². The number of morpholine rings is 1. The van der Waals surface area contributed by atoms with E-state index >= 15 is 0 Å². The highest BCUT2D eigenvalue weighted by molar-refractivity contribution is 6.33. The molecule has 2 aliphatic rings. The van der Waals surface area contributed by atoms with Gasteiger partial charge in [0.2, 0.25) is 0 Å². The lowest BCUT2D eigenvalue weighted by Gasteiger charge is -2.34. The van der Waals surface area contributed by atoms with Gasteiger partial charge in [-0.3, -0.25) is 9.69 Å². The smallest absolute Gasteiger partial charge is 0.257 e. The first-order valence-corrected chi connectivity index (χ1v) is 11.1. The van der Waals surface area contributed by atoms with Crippen LogP contribution >= 0.6 is 11.6 Å². The highest BCUT2D eigenvalue weighted by Gasteiger charge is 2.27. The Morgan fingerprint density at radius 2 is 1.83 bits per heavy atom. The lowest BCUT2D eigenvalue weighted by atomic mass is 9.93. The number of halogens is 1. The summed E-state index contributed by atoms with van der Waals surface area (Å²) < 4.78 is 12.9. The second-order valence-corrected chi connectivity index (χ2v) is 8.48. The van der Waals surface area contributed by atoms with Crippen LogP contribution in [0.5, 0.6) is 5.75 Å². The van der Waals surface area contributed by atoms with Crippen molar-refractivity contribution in [1.29, 1.82) is 0 Å². The molecule has 1 amide bonds. The zero-order valence-electron chi connectivity index (χ0n) is 17.6. The van der Waals surface area contributed by atoms with E-state index in [2.05, 4.69) is 4.90 Å². The van der Waals surface area contributed by atoms with E-state index in [1.54, 1.807) is 13.2 Å². The molecule has 2 aliphatic heterocycles. The third-order valence-corrected chi connectivity index (χ3v) is 6.54. The number of hydrogen-bond acceptors (Lipinski definition) is 4. The Morgan fingerprint density at radius 1 is 1.13 bits per heavy atom. The first-order valence-electron chi connectivity index (χ1n) is 10.8. The van der Waals surface area contributed by atoms with Gasteiger partial charge in [-0.2, -0.15) is 0 Å². The van der Waals surface area contributed by atoms with E-state index in [-0.39, 0.29) is 5.91 Å². The molecule has 0 N–H and O–H groups in total. The topological polar surface area (TPSA) is 46.9 Å². The number of benzene rings is 1. The summed E-state index contributed by atoms with van der Waals surface area (Å²) in [5.41, 5.74) is 1.34. The van der Waals surface area contributed by atoms with E-state index in [1.165, 1.54) is 6.42 Å². The number of amides is 1. The van der Waals surface area contributed by atoms with E-state index in [4.69, 9.17) is 21.1 Å². The largest absolute Gasteiger partial charge is 0.496 e. The summed E-state index contributed by atoms with van der Waals surface area (Å²) in [7, 11) is 1.59. The molecule has 6 nitrogen and oxygen atoms in total. The Hall–Kier alpha value is -2.02. The number of hydrogen-bond donors (Lipinski definition) is 0. The third-order valence-electron chi connectivity index (χ3n) is 6.24. The molecule has 30 heavy (non-hydrogen) atoms. The summed E-state index contributed by atoms with van der Waals surface area (Å²) in [5.74, 6) is 1.24. The predicted octanol–water partition coefficient (Wildman–Crippen LogP) is 3.71. The van der Waals surface area contributed by atoms with Crippen LogP contribution in [0.1, 0.15) is 29.6 Å². The third kappa shape index (κ3) is 4.82. The van der Waals surface area contributed by atoms with Gasteiger partial charge in [0.15, 0.2) is 0 Å². The van der Waals surface area contributed by atoms with Crippen LogP contribution in [0.2, 0.25) is 5.02 Å². The predicted molar refractivity (Wildman–Crippen MR) is 118 cm³/mol. The number of aromatic nitrogens is 1. The molecule has 1 aromatic heterocycles. The summed E-state index contributed by atoms with van der Waals surface area (Å²) in [6, 6.07) is 7.45. The van der Waals surface area contributed by atoms with Gasteiger partial charge in [-0.05, 0) is 49.9 Å². The zero-order chi connectivity index (χ0) is 20.9. The summed E-state index contributed by atoms with van der Waals surface area (Å²) >= 11 is 6.51. The SMILES string of the molecule is COc1cc(-n2cccc2)c(Cl)cc1C(=O)N1CCC(CCN2CCOCC2)CC1. The Kier molecular flexibility index (Phi) is 6.97. The van der Waals surface area contributed by atoms with E-state index in [1.807, 2.05) is 40.1 Å². The maximum Gasteiger partial charge on any atom is 0.257 e. The van der Waals surface area contributed by atoms with Gasteiger partial charge in [-0.1, -0.05) is 11.6 Å². The first-order chi connectivity index (χ1) is 14.7. The van der Waals surface area contributed by atoms with Crippen LogP contribution in [0.25, 0.3) is 5.69 Å². The van der Waals surface area contributed by atoms with Crippen molar-refractivity contribution >= 4 is 17.5 Å². The van der Waals surface area contributed by atoms with Crippen molar-refractivity contribution in [3.63, 3.8) is 0 Å². The molecule has 4 rings (SSSR count). The highest BCUT2D eigenvalue weighted by atomic mass is 35.5. The molecular weight excluding hydrogens is 402 g/mol.